The summed E-state index contributed by atoms with van der Waals surface area (Å²) in [7, 11) is 0. The van der Waals surface area contributed by atoms with Gasteiger partial charge in [0.25, 0.3) is 0 Å². The Morgan fingerprint density at radius 3 is 3.00 bits per heavy atom. The Morgan fingerprint density at radius 2 is 2.16 bits per heavy atom. The molecule has 98 valence electrons. The molecule has 1 heterocycles. The molecule has 0 nitrogen and oxygen atoms in total. The Morgan fingerprint density at radius 1 is 1.26 bits per heavy atom. The molecule has 0 radical (unpaired) electrons. The smallest absolute Gasteiger partial charge is 0.0223 e. The average molecular weight is 333 g/mol. The highest BCUT2D eigenvalue weighted by Gasteiger charge is 2.55. The number of fused-ring (bicyclic) bond motifs is 3. The van der Waals surface area contributed by atoms with Gasteiger partial charge in [-0.2, -0.15) is 11.3 Å². The van der Waals surface area contributed by atoms with Gasteiger partial charge in [0, 0.05) is 4.83 Å². The molecule has 4 atom stereocenters. The van der Waals surface area contributed by atoms with Crippen molar-refractivity contribution in [2.24, 2.45) is 11.8 Å². The number of hydrogen-bond donors (Lipinski definition) is 0. The summed E-state index contributed by atoms with van der Waals surface area (Å²) in [5.74, 6) is 2.61. The molecule has 1 aromatic carbocycles. The second kappa shape index (κ2) is 4.75. The molecule has 4 rings (SSSR count). The number of halogens is 1. The Labute approximate surface area is 127 Å². The zero-order valence-corrected chi connectivity index (χ0v) is 13.2. The van der Waals surface area contributed by atoms with Crippen molar-refractivity contribution in [3.05, 3.63) is 57.8 Å². The van der Waals surface area contributed by atoms with Crippen molar-refractivity contribution in [2.75, 3.05) is 0 Å². The van der Waals surface area contributed by atoms with Crippen LogP contribution < -0.4 is 0 Å². The van der Waals surface area contributed by atoms with Crippen molar-refractivity contribution in [3.63, 3.8) is 0 Å². The molecule has 1 fully saturated rings. The highest BCUT2D eigenvalue weighted by Crippen LogP contribution is 2.62. The Kier molecular flexibility index (Phi) is 3.04. The predicted molar refractivity (Wildman–Crippen MR) is 85.2 cm³/mol. The minimum atomic E-state index is 0.642. The van der Waals surface area contributed by atoms with Crippen LogP contribution in [0.1, 0.15) is 29.0 Å². The third-order valence-corrected chi connectivity index (χ3v) is 6.49. The van der Waals surface area contributed by atoms with Crippen molar-refractivity contribution in [2.45, 2.75) is 30.0 Å². The average Bonchev–Trinajstić information content (AvgIpc) is 2.98. The molecule has 2 aliphatic rings. The topological polar surface area (TPSA) is 0 Å². The van der Waals surface area contributed by atoms with Crippen molar-refractivity contribution >= 4 is 27.3 Å². The van der Waals surface area contributed by atoms with Crippen LogP contribution in [-0.2, 0) is 12.8 Å². The van der Waals surface area contributed by atoms with E-state index in [1.54, 1.807) is 22.5 Å². The standard InChI is InChI=1S/C17H17BrS/c18-15(9-11-7-8-19-10-11)17-14-6-5-12-3-1-2-4-13(12)16(14)17/h1-4,7-8,10,14-17H,5-6,9H2. The number of rotatable bonds is 3. The number of benzene rings is 1. The maximum Gasteiger partial charge on any atom is 0.0223 e. The van der Waals surface area contributed by atoms with Gasteiger partial charge in [0.2, 0.25) is 0 Å². The summed E-state index contributed by atoms with van der Waals surface area (Å²) in [5, 5.41) is 4.47. The van der Waals surface area contributed by atoms with E-state index >= 15 is 0 Å². The first-order valence-electron chi connectivity index (χ1n) is 7.07. The lowest BCUT2D eigenvalue weighted by molar-refractivity contribution is 0.618. The zero-order chi connectivity index (χ0) is 12.8. The van der Waals surface area contributed by atoms with Crippen molar-refractivity contribution in [1.82, 2.24) is 0 Å². The van der Waals surface area contributed by atoms with E-state index in [2.05, 4.69) is 57.0 Å². The number of alkyl halides is 1. The van der Waals surface area contributed by atoms with Crippen LogP contribution in [-0.4, -0.2) is 4.83 Å². The summed E-state index contributed by atoms with van der Waals surface area (Å²) in [6.07, 6.45) is 3.85. The van der Waals surface area contributed by atoms with Gasteiger partial charge in [-0.05, 0) is 70.5 Å². The van der Waals surface area contributed by atoms with E-state index < -0.39 is 0 Å². The quantitative estimate of drug-likeness (QED) is 0.691. The first-order valence-corrected chi connectivity index (χ1v) is 8.93. The minimum absolute atomic E-state index is 0.642. The normalized spacial score (nSPS) is 29.4. The third-order valence-electron chi connectivity index (χ3n) is 4.82. The molecule has 0 bridgehead atoms. The van der Waals surface area contributed by atoms with Gasteiger partial charge in [0.1, 0.15) is 0 Å². The molecule has 0 saturated heterocycles. The first kappa shape index (κ1) is 12.2. The zero-order valence-electron chi connectivity index (χ0n) is 10.8. The molecule has 2 aliphatic carbocycles. The van der Waals surface area contributed by atoms with Crippen molar-refractivity contribution < 1.29 is 0 Å². The summed E-state index contributed by atoms with van der Waals surface area (Å²) in [4.78, 5) is 0.642. The number of thiophene rings is 1. The molecule has 0 aliphatic heterocycles. The Bertz CT molecular complexity index is 575. The molecule has 1 aromatic heterocycles. The molecule has 2 heteroatoms. The van der Waals surface area contributed by atoms with Crippen LogP contribution in [0.5, 0.6) is 0 Å². The van der Waals surface area contributed by atoms with E-state index in [1.807, 2.05) is 0 Å². The summed E-state index contributed by atoms with van der Waals surface area (Å²) in [6.45, 7) is 0. The van der Waals surface area contributed by atoms with Gasteiger partial charge in [0.05, 0.1) is 0 Å². The number of aryl methyl sites for hydroxylation is 1. The molecule has 0 amide bonds. The second-order valence-electron chi connectivity index (χ2n) is 5.86. The Hall–Kier alpha value is -0.600. The molecular weight excluding hydrogens is 316 g/mol. The molecular formula is C17H17BrS. The molecule has 4 unspecified atom stereocenters. The van der Waals surface area contributed by atoms with E-state index in [9.17, 15) is 0 Å². The largest absolute Gasteiger partial charge is 0.152 e. The van der Waals surface area contributed by atoms with E-state index in [-0.39, 0.29) is 0 Å². The van der Waals surface area contributed by atoms with Crippen LogP contribution in [0.3, 0.4) is 0 Å². The van der Waals surface area contributed by atoms with Crippen molar-refractivity contribution in [1.29, 1.82) is 0 Å². The predicted octanol–water partition coefficient (Wildman–Crippen LogP) is 5.03. The molecule has 0 N–H and O–H groups in total. The Balaban J connectivity index is 1.54. The fourth-order valence-electron chi connectivity index (χ4n) is 3.88. The lowest BCUT2D eigenvalue weighted by Gasteiger charge is -2.13. The lowest BCUT2D eigenvalue weighted by Crippen LogP contribution is -2.06. The van der Waals surface area contributed by atoms with Gasteiger partial charge in [-0.25, -0.2) is 0 Å². The van der Waals surface area contributed by atoms with E-state index in [1.165, 1.54) is 24.8 Å². The lowest BCUT2D eigenvalue weighted by atomic mass is 9.92. The van der Waals surface area contributed by atoms with Crippen LogP contribution in [0.4, 0.5) is 0 Å². The number of hydrogen-bond acceptors (Lipinski definition) is 1. The minimum Gasteiger partial charge on any atom is -0.152 e. The summed E-state index contributed by atoms with van der Waals surface area (Å²) >= 11 is 5.78. The third kappa shape index (κ3) is 2.09. The van der Waals surface area contributed by atoms with E-state index in [4.69, 9.17) is 0 Å². The summed E-state index contributed by atoms with van der Waals surface area (Å²) in [5.41, 5.74) is 4.73. The first-order chi connectivity index (χ1) is 9.34. The fourth-order valence-corrected chi connectivity index (χ4v) is 5.66. The molecule has 0 spiro atoms. The van der Waals surface area contributed by atoms with Gasteiger partial charge in [-0.1, -0.05) is 40.2 Å². The van der Waals surface area contributed by atoms with Crippen molar-refractivity contribution in [3.8, 4) is 0 Å². The molecule has 2 aromatic rings. The summed E-state index contributed by atoms with van der Waals surface area (Å²) in [6, 6.07) is 11.3. The van der Waals surface area contributed by atoms with Crippen LogP contribution in [0, 0.1) is 11.8 Å². The highest BCUT2D eigenvalue weighted by molar-refractivity contribution is 9.09. The molecule has 19 heavy (non-hydrogen) atoms. The van der Waals surface area contributed by atoms with Gasteiger partial charge in [0.15, 0.2) is 0 Å². The van der Waals surface area contributed by atoms with E-state index in [0.29, 0.717) is 4.83 Å². The highest BCUT2D eigenvalue weighted by atomic mass is 79.9. The molecule has 1 saturated carbocycles. The van der Waals surface area contributed by atoms with E-state index in [0.717, 1.165) is 17.8 Å². The maximum absolute atomic E-state index is 3.97. The van der Waals surface area contributed by atoms with Crippen LogP contribution >= 0.6 is 27.3 Å². The summed E-state index contributed by atoms with van der Waals surface area (Å²) < 4.78 is 0. The van der Waals surface area contributed by atoms with Gasteiger partial charge >= 0.3 is 0 Å². The maximum atomic E-state index is 3.97. The van der Waals surface area contributed by atoms with Crippen LogP contribution in [0.2, 0.25) is 0 Å². The SMILES string of the molecule is BrC(Cc1ccsc1)C1C2CCc3ccccc3C21. The second-order valence-corrected chi connectivity index (χ2v) is 7.81. The van der Waals surface area contributed by atoms with Crippen LogP contribution in [0.15, 0.2) is 41.1 Å². The monoisotopic (exact) mass is 332 g/mol. The van der Waals surface area contributed by atoms with Gasteiger partial charge in [-0.15, -0.1) is 0 Å². The van der Waals surface area contributed by atoms with Crippen LogP contribution in [0.25, 0.3) is 0 Å². The fraction of sp³-hybridized carbons (Fsp3) is 0.412. The van der Waals surface area contributed by atoms with Gasteiger partial charge in [-0.3, -0.25) is 0 Å². The van der Waals surface area contributed by atoms with Gasteiger partial charge < -0.3 is 0 Å².